The quantitative estimate of drug-likeness (QED) is 0.575. The molecule has 1 rings (SSSR count). The lowest BCUT2D eigenvalue weighted by atomic mass is 10.1. The molecule has 0 amide bonds. The van der Waals surface area contributed by atoms with Crippen LogP contribution in [0.2, 0.25) is 0 Å². The van der Waals surface area contributed by atoms with Crippen LogP contribution in [-0.2, 0) is 9.53 Å². The third kappa shape index (κ3) is 1.70. The molecular formula is C7H13NO3. The van der Waals surface area contributed by atoms with Crippen LogP contribution in [0.3, 0.4) is 0 Å². The summed E-state index contributed by atoms with van der Waals surface area (Å²) < 4.78 is 5.08. The fraction of sp³-hybridized carbons (Fsp3) is 0.857. The molecule has 0 radical (unpaired) electrons. The van der Waals surface area contributed by atoms with E-state index in [0.717, 1.165) is 6.54 Å². The normalized spacial score (nSPS) is 33.6. The molecule has 1 heterocycles. The van der Waals surface area contributed by atoms with Gasteiger partial charge in [0.15, 0.2) is 6.10 Å². The number of rotatable bonds is 1. The van der Waals surface area contributed by atoms with Gasteiger partial charge in [-0.2, -0.15) is 0 Å². The van der Waals surface area contributed by atoms with Crippen molar-refractivity contribution in [1.29, 1.82) is 0 Å². The van der Waals surface area contributed by atoms with Crippen molar-refractivity contribution in [2.24, 2.45) is 0 Å². The number of ether oxygens (including phenoxy) is 1. The number of likely N-dealkylation sites (N-methyl/N-ethyl adjacent to an activating group) is 1. The number of carboxylic acids is 1. The number of carbonyl (C=O) groups is 1. The van der Waals surface area contributed by atoms with Crippen molar-refractivity contribution < 1.29 is 14.6 Å². The Morgan fingerprint density at radius 1 is 1.73 bits per heavy atom. The van der Waals surface area contributed by atoms with E-state index in [1.165, 1.54) is 0 Å². The lowest BCUT2D eigenvalue weighted by Gasteiger charge is -2.34. The molecule has 0 bridgehead atoms. The second kappa shape index (κ2) is 3.19. The molecule has 1 saturated heterocycles. The minimum Gasteiger partial charge on any atom is -0.479 e. The molecule has 0 aromatic rings. The smallest absolute Gasteiger partial charge is 0.334 e. The van der Waals surface area contributed by atoms with Gasteiger partial charge in [-0.25, -0.2) is 4.79 Å². The van der Waals surface area contributed by atoms with E-state index < -0.39 is 12.1 Å². The Morgan fingerprint density at radius 2 is 2.36 bits per heavy atom. The maximum Gasteiger partial charge on any atom is 0.334 e. The average molecular weight is 159 g/mol. The molecule has 1 N–H and O–H groups in total. The Kier molecular flexibility index (Phi) is 2.46. The lowest BCUT2D eigenvalue weighted by molar-refractivity contribution is -0.160. The van der Waals surface area contributed by atoms with Gasteiger partial charge in [-0.05, 0) is 14.0 Å². The number of hydrogen-bond donors (Lipinski definition) is 1. The van der Waals surface area contributed by atoms with Crippen LogP contribution in [0.1, 0.15) is 6.92 Å². The lowest BCUT2D eigenvalue weighted by Crippen LogP contribution is -2.50. The molecule has 2 unspecified atom stereocenters. The summed E-state index contributed by atoms with van der Waals surface area (Å²) in [6.45, 7) is 3.18. The Labute approximate surface area is 65.8 Å². The van der Waals surface area contributed by atoms with Crippen LogP contribution in [0.5, 0.6) is 0 Å². The average Bonchev–Trinajstić information content (AvgIpc) is 1.94. The van der Waals surface area contributed by atoms with E-state index in [1.54, 1.807) is 0 Å². The number of morpholine rings is 1. The van der Waals surface area contributed by atoms with E-state index in [9.17, 15) is 4.79 Å². The van der Waals surface area contributed by atoms with Crippen molar-refractivity contribution >= 4 is 5.97 Å². The first-order valence-electron chi connectivity index (χ1n) is 3.67. The summed E-state index contributed by atoms with van der Waals surface area (Å²) in [5.41, 5.74) is 0. The van der Waals surface area contributed by atoms with E-state index in [-0.39, 0.29) is 6.04 Å². The zero-order valence-electron chi connectivity index (χ0n) is 6.78. The minimum atomic E-state index is -0.871. The van der Waals surface area contributed by atoms with Crippen LogP contribution in [0.15, 0.2) is 0 Å². The van der Waals surface area contributed by atoms with Crippen LogP contribution in [0.4, 0.5) is 0 Å². The summed E-state index contributed by atoms with van der Waals surface area (Å²) in [4.78, 5) is 12.5. The SMILES string of the molecule is CC1C(C(=O)O)OCCN1C. The molecule has 0 saturated carbocycles. The summed E-state index contributed by atoms with van der Waals surface area (Å²) in [7, 11) is 1.91. The molecule has 11 heavy (non-hydrogen) atoms. The maximum absolute atomic E-state index is 10.6. The van der Waals surface area contributed by atoms with Crippen LogP contribution in [0.25, 0.3) is 0 Å². The van der Waals surface area contributed by atoms with Crippen molar-refractivity contribution in [2.45, 2.75) is 19.1 Å². The van der Waals surface area contributed by atoms with E-state index in [0.29, 0.717) is 6.61 Å². The zero-order chi connectivity index (χ0) is 8.43. The van der Waals surface area contributed by atoms with Gasteiger partial charge >= 0.3 is 5.97 Å². The van der Waals surface area contributed by atoms with Gasteiger partial charge in [0, 0.05) is 12.6 Å². The Balaban J connectivity index is 2.58. The van der Waals surface area contributed by atoms with Gasteiger partial charge in [0.1, 0.15) is 0 Å². The molecule has 4 nitrogen and oxygen atoms in total. The van der Waals surface area contributed by atoms with E-state index in [2.05, 4.69) is 0 Å². The summed E-state index contributed by atoms with van der Waals surface area (Å²) in [5.74, 6) is -0.871. The van der Waals surface area contributed by atoms with E-state index in [1.807, 2.05) is 18.9 Å². The third-order valence-corrected chi connectivity index (χ3v) is 2.12. The van der Waals surface area contributed by atoms with Crippen molar-refractivity contribution in [3.63, 3.8) is 0 Å². The highest BCUT2D eigenvalue weighted by atomic mass is 16.5. The first-order chi connectivity index (χ1) is 5.13. The number of hydrogen-bond acceptors (Lipinski definition) is 3. The molecule has 0 spiro atoms. The van der Waals surface area contributed by atoms with Crippen molar-refractivity contribution in [3.05, 3.63) is 0 Å². The largest absolute Gasteiger partial charge is 0.479 e. The molecule has 1 fully saturated rings. The molecule has 4 heteroatoms. The zero-order valence-corrected chi connectivity index (χ0v) is 6.78. The predicted octanol–water partition coefficient (Wildman–Crippen LogP) is -0.210. The number of nitrogens with zero attached hydrogens (tertiary/aromatic N) is 1. The van der Waals surface area contributed by atoms with Gasteiger partial charge < -0.3 is 9.84 Å². The summed E-state index contributed by atoms with van der Waals surface area (Å²) in [5, 5.41) is 8.67. The summed E-state index contributed by atoms with van der Waals surface area (Å²) >= 11 is 0. The van der Waals surface area contributed by atoms with Crippen LogP contribution < -0.4 is 0 Å². The topological polar surface area (TPSA) is 49.8 Å². The Bertz CT molecular complexity index is 160. The fourth-order valence-electron chi connectivity index (χ4n) is 1.18. The van der Waals surface area contributed by atoms with Gasteiger partial charge in [-0.1, -0.05) is 0 Å². The van der Waals surface area contributed by atoms with Crippen LogP contribution in [-0.4, -0.2) is 48.3 Å². The Hall–Kier alpha value is -0.610. The fourth-order valence-corrected chi connectivity index (χ4v) is 1.18. The summed E-state index contributed by atoms with van der Waals surface area (Å²) in [6.07, 6.45) is -0.659. The maximum atomic E-state index is 10.6. The third-order valence-electron chi connectivity index (χ3n) is 2.12. The highest BCUT2D eigenvalue weighted by Crippen LogP contribution is 2.11. The number of aliphatic carboxylic acids is 1. The molecular weight excluding hydrogens is 146 g/mol. The van der Waals surface area contributed by atoms with E-state index >= 15 is 0 Å². The summed E-state index contributed by atoms with van der Waals surface area (Å²) in [6, 6.07) is -0.0266. The molecule has 0 aromatic heterocycles. The van der Waals surface area contributed by atoms with Gasteiger partial charge in [-0.15, -0.1) is 0 Å². The molecule has 1 aliphatic rings. The van der Waals surface area contributed by atoms with Crippen molar-refractivity contribution in [1.82, 2.24) is 4.90 Å². The Morgan fingerprint density at radius 3 is 2.82 bits per heavy atom. The molecule has 64 valence electrons. The first kappa shape index (κ1) is 8.49. The van der Waals surface area contributed by atoms with Crippen molar-refractivity contribution in [3.8, 4) is 0 Å². The van der Waals surface area contributed by atoms with Crippen LogP contribution >= 0.6 is 0 Å². The van der Waals surface area contributed by atoms with E-state index in [4.69, 9.17) is 9.84 Å². The van der Waals surface area contributed by atoms with Gasteiger partial charge in [0.05, 0.1) is 6.61 Å². The highest BCUT2D eigenvalue weighted by molar-refractivity contribution is 5.73. The minimum absolute atomic E-state index is 0.0266. The van der Waals surface area contributed by atoms with Crippen LogP contribution in [0, 0.1) is 0 Å². The molecule has 1 aliphatic heterocycles. The van der Waals surface area contributed by atoms with Gasteiger partial charge in [0.2, 0.25) is 0 Å². The predicted molar refractivity (Wildman–Crippen MR) is 39.5 cm³/mol. The van der Waals surface area contributed by atoms with Gasteiger partial charge in [0.25, 0.3) is 0 Å². The molecule has 0 aliphatic carbocycles. The second-order valence-electron chi connectivity index (χ2n) is 2.85. The van der Waals surface area contributed by atoms with Gasteiger partial charge in [-0.3, -0.25) is 4.90 Å². The first-order valence-corrected chi connectivity index (χ1v) is 3.67. The monoisotopic (exact) mass is 159 g/mol. The van der Waals surface area contributed by atoms with Crippen molar-refractivity contribution in [2.75, 3.05) is 20.2 Å². The molecule has 2 atom stereocenters. The highest BCUT2D eigenvalue weighted by Gasteiger charge is 2.31. The molecule has 0 aromatic carbocycles. The number of carboxylic acid groups (broad SMARTS) is 1. The standard InChI is InChI=1S/C7H13NO3/c1-5-6(7(9)10)11-4-3-8(5)2/h5-6H,3-4H2,1-2H3,(H,9,10). The second-order valence-corrected chi connectivity index (χ2v) is 2.85.